The molecule has 0 saturated carbocycles. The fourth-order valence-electron chi connectivity index (χ4n) is 4.40. The second-order valence-electron chi connectivity index (χ2n) is 10.0. The smallest absolute Gasteiger partial charge is 0.313 e. The second kappa shape index (κ2) is 15.7. The SMILES string of the molecule is CCCOCCC(=O)Oc1ccc(C(=O)Nc2ncc(Sc3cc(C(=O)N4CCN(C(C)=O)CC4)c(OC)cc3C)s2)cc1. The molecule has 1 fully saturated rings. The summed E-state index contributed by atoms with van der Waals surface area (Å²) in [5.74, 6) is -0.0526. The summed E-state index contributed by atoms with van der Waals surface area (Å²) in [6.45, 7) is 8.28. The van der Waals surface area contributed by atoms with Crippen LogP contribution < -0.4 is 14.8 Å². The zero-order valence-electron chi connectivity index (χ0n) is 25.2. The van der Waals surface area contributed by atoms with Crippen LogP contribution in [0, 0.1) is 6.92 Å². The number of benzene rings is 2. The number of aromatic nitrogens is 1. The van der Waals surface area contributed by atoms with Gasteiger partial charge in [-0.15, -0.1) is 0 Å². The molecule has 2 aromatic carbocycles. The molecule has 0 aliphatic carbocycles. The fourth-order valence-corrected chi connectivity index (χ4v) is 6.34. The van der Waals surface area contributed by atoms with Gasteiger partial charge in [-0.1, -0.05) is 30.0 Å². The van der Waals surface area contributed by atoms with E-state index in [4.69, 9.17) is 14.2 Å². The minimum atomic E-state index is -0.401. The zero-order chi connectivity index (χ0) is 31.6. The van der Waals surface area contributed by atoms with Crippen molar-refractivity contribution in [1.82, 2.24) is 14.8 Å². The molecule has 0 unspecified atom stereocenters. The number of hydrogen-bond acceptors (Lipinski definition) is 10. The number of carbonyl (C=O) groups is 4. The van der Waals surface area contributed by atoms with Crippen molar-refractivity contribution in [2.24, 2.45) is 0 Å². The van der Waals surface area contributed by atoms with Crippen molar-refractivity contribution >= 4 is 51.9 Å². The number of esters is 1. The van der Waals surface area contributed by atoms with Crippen LogP contribution in [0.25, 0.3) is 0 Å². The summed E-state index contributed by atoms with van der Waals surface area (Å²) in [7, 11) is 1.54. The van der Waals surface area contributed by atoms with Crippen molar-refractivity contribution in [3.63, 3.8) is 0 Å². The van der Waals surface area contributed by atoms with Crippen molar-refractivity contribution in [2.75, 3.05) is 51.8 Å². The molecule has 13 heteroatoms. The number of carbonyl (C=O) groups excluding carboxylic acids is 4. The lowest BCUT2D eigenvalue weighted by Gasteiger charge is -2.34. The molecule has 1 aromatic heterocycles. The largest absolute Gasteiger partial charge is 0.496 e. The Balaban J connectivity index is 1.36. The van der Waals surface area contributed by atoms with E-state index in [0.717, 1.165) is 21.1 Å². The first-order valence-corrected chi connectivity index (χ1v) is 15.9. The number of piperazine rings is 1. The lowest BCUT2D eigenvalue weighted by atomic mass is 10.1. The summed E-state index contributed by atoms with van der Waals surface area (Å²) < 4.78 is 17.0. The van der Waals surface area contributed by atoms with Gasteiger partial charge < -0.3 is 24.0 Å². The third-order valence-corrected chi connectivity index (χ3v) is 8.98. The van der Waals surface area contributed by atoms with Gasteiger partial charge in [0, 0.05) is 50.2 Å². The first kappa shape index (κ1) is 33.0. The molecule has 2 heterocycles. The van der Waals surface area contributed by atoms with Crippen LogP contribution in [0.15, 0.2) is 51.7 Å². The van der Waals surface area contributed by atoms with Crippen LogP contribution in [0.2, 0.25) is 0 Å². The highest BCUT2D eigenvalue weighted by Gasteiger charge is 2.26. The number of methoxy groups -OCH3 is 1. The summed E-state index contributed by atoms with van der Waals surface area (Å²) in [6.07, 6.45) is 2.71. The van der Waals surface area contributed by atoms with Gasteiger partial charge in [0.2, 0.25) is 5.91 Å². The average Bonchev–Trinajstić information content (AvgIpc) is 3.46. The molecule has 3 aromatic rings. The standard InChI is InChI=1S/C31H36N4O7S2/c1-5-15-41-16-10-27(37)42-23-8-6-22(7-9-23)29(38)33-31-32-19-28(44-31)43-26-18-24(25(40-4)17-20(26)2)30(39)35-13-11-34(12-14-35)21(3)36/h6-9,17-19H,5,10-16H2,1-4H3,(H,32,33,38). The third kappa shape index (κ3) is 8.80. The first-order valence-electron chi connectivity index (χ1n) is 14.3. The molecule has 3 amide bonds. The number of aryl methyl sites for hydroxylation is 1. The number of thiazole rings is 1. The van der Waals surface area contributed by atoms with Gasteiger partial charge in [-0.3, -0.25) is 24.5 Å². The molecule has 0 atom stereocenters. The molecule has 1 aliphatic heterocycles. The van der Waals surface area contributed by atoms with Crippen LogP contribution in [0.3, 0.4) is 0 Å². The molecule has 0 bridgehead atoms. The van der Waals surface area contributed by atoms with Crippen molar-refractivity contribution in [2.45, 2.75) is 42.7 Å². The van der Waals surface area contributed by atoms with E-state index >= 15 is 0 Å². The Morgan fingerprint density at radius 2 is 1.73 bits per heavy atom. The van der Waals surface area contributed by atoms with E-state index in [-0.39, 0.29) is 24.1 Å². The Hall–Kier alpha value is -3.94. The Morgan fingerprint density at radius 1 is 1.02 bits per heavy atom. The third-order valence-electron chi connectivity index (χ3n) is 6.80. The van der Waals surface area contributed by atoms with E-state index < -0.39 is 5.97 Å². The van der Waals surface area contributed by atoms with Crippen molar-refractivity contribution in [3.05, 3.63) is 59.3 Å². The average molecular weight is 641 g/mol. The van der Waals surface area contributed by atoms with Crippen LogP contribution in [0.4, 0.5) is 5.13 Å². The highest BCUT2D eigenvalue weighted by atomic mass is 32.2. The van der Waals surface area contributed by atoms with Gasteiger partial charge in [0.1, 0.15) is 11.5 Å². The van der Waals surface area contributed by atoms with Gasteiger partial charge in [-0.05, 0) is 55.3 Å². The second-order valence-corrected chi connectivity index (χ2v) is 12.4. The van der Waals surface area contributed by atoms with E-state index in [0.29, 0.717) is 67.2 Å². The van der Waals surface area contributed by atoms with E-state index in [9.17, 15) is 19.2 Å². The van der Waals surface area contributed by atoms with Gasteiger partial charge in [-0.2, -0.15) is 0 Å². The van der Waals surface area contributed by atoms with Gasteiger partial charge in [0.15, 0.2) is 5.13 Å². The van der Waals surface area contributed by atoms with Crippen LogP contribution in [0.5, 0.6) is 11.5 Å². The molecule has 0 radical (unpaired) electrons. The quantitative estimate of drug-likeness (QED) is 0.167. The highest BCUT2D eigenvalue weighted by Crippen LogP contribution is 2.38. The van der Waals surface area contributed by atoms with Crippen LogP contribution in [-0.2, 0) is 14.3 Å². The Morgan fingerprint density at radius 3 is 2.39 bits per heavy atom. The Bertz CT molecular complexity index is 1480. The van der Waals surface area contributed by atoms with Crippen LogP contribution in [-0.4, -0.2) is 85.0 Å². The lowest BCUT2D eigenvalue weighted by molar-refractivity contribution is -0.135. The fraction of sp³-hybridized carbons (Fsp3) is 0.387. The number of rotatable bonds is 12. The Labute approximate surface area is 264 Å². The summed E-state index contributed by atoms with van der Waals surface area (Å²) in [6, 6.07) is 9.95. The number of hydrogen-bond donors (Lipinski definition) is 1. The maximum absolute atomic E-state index is 13.4. The van der Waals surface area contributed by atoms with Crippen LogP contribution >= 0.6 is 23.1 Å². The van der Waals surface area contributed by atoms with Gasteiger partial charge >= 0.3 is 5.97 Å². The number of nitrogens with one attached hydrogen (secondary N) is 1. The molecule has 234 valence electrons. The minimum absolute atomic E-state index is 0.00377. The van der Waals surface area contributed by atoms with Crippen LogP contribution in [0.1, 0.15) is 53.0 Å². The summed E-state index contributed by atoms with van der Waals surface area (Å²) in [4.78, 5) is 58.5. The number of ether oxygens (including phenoxy) is 3. The summed E-state index contributed by atoms with van der Waals surface area (Å²) in [5, 5.41) is 3.23. The molecule has 1 saturated heterocycles. The van der Waals surface area contributed by atoms with Crippen molar-refractivity contribution in [3.8, 4) is 11.5 Å². The predicted molar refractivity (Wildman–Crippen MR) is 168 cm³/mol. The highest BCUT2D eigenvalue weighted by molar-refractivity contribution is 8.01. The Kier molecular flexibility index (Phi) is 11.8. The minimum Gasteiger partial charge on any atom is -0.496 e. The molecule has 4 rings (SSSR count). The van der Waals surface area contributed by atoms with E-state index in [2.05, 4.69) is 10.3 Å². The topological polar surface area (TPSA) is 127 Å². The van der Waals surface area contributed by atoms with Gasteiger partial charge in [-0.25, -0.2) is 4.98 Å². The molecule has 11 nitrogen and oxygen atoms in total. The van der Waals surface area contributed by atoms with E-state index in [1.54, 1.807) is 40.3 Å². The first-order chi connectivity index (χ1) is 21.2. The molecular formula is C31H36N4O7S2. The van der Waals surface area contributed by atoms with E-state index in [1.165, 1.54) is 37.1 Å². The van der Waals surface area contributed by atoms with Crippen molar-refractivity contribution in [1.29, 1.82) is 0 Å². The van der Waals surface area contributed by atoms with E-state index in [1.807, 2.05) is 26.0 Å². The summed E-state index contributed by atoms with van der Waals surface area (Å²) in [5.41, 5.74) is 1.77. The maximum Gasteiger partial charge on any atom is 0.313 e. The molecule has 44 heavy (non-hydrogen) atoms. The number of nitrogens with zero attached hydrogens (tertiary/aromatic N) is 3. The number of amides is 3. The van der Waals surface area contributed by atoms with Crippen molar-refractivity contribution < 1.29 is 33.4 Å². The monoisotopic (exact) mass is 640 g/mol. The predicted octanol–water partition coefficient (Wildman–Crippen LogP) is 4.89. The maximum atomic E-state index is 13.4. The molecular weight excluding hydrogens is 604 g/mol. The normalized spacial score (nSPS) is 13.0. The molecule has 1 aliphatic rings. The zero-order valence-corrected chi connectivity index (χ0v) is 26.8. The number of anilines is 1. The molecule has 0 spiro atoms. The van der Waals surface area contributed by atoms with Gasteiger partial charge in [0.05, 0.1) is 36.1 Å². The molecule has 1 N–H and O–H groups in total. The van der Waals surface area contributed by atoms with Gasteiger partial charge in [0.25, 0.3) is 11.8 Å². The summed E-state index contributed by atoms with van der Waals surface area (Å²) >= 11 is 2.76. The lowest BCUT2D eigenvalue weighted by Crippen LogP contribution is -2.50.